The van der Waals surface area contributed by atoms with Crippen LogP contribution in [0.5, 0.6) is 0 Å². The second kappa shape index (κ2) is 11.3. The van der Waals surface area contributed by atoms with Gasteiger partial charge in [-0.2, -0.15) is 5.10 Å². The number of rotatable bonds is 10. The van der Waals surface area contributed by atoms with Crippen molar-refractivity contribution in [3.8, 4) is 22.5 Å². The number of hydrogen-bond donors (Lipinski definition) is 3. The summed E-state index contributed by atoms with van der Waals surface area (Å²) in [7, 11) is -2.67. The smallest absolute Gasteiger partial charge is 0.406 e. The van der Waals surface area contributed by atoms with Gasteiger partial charge in [-0.15, -0.1) is 0 Å². The van der Waals surface area contributed by atoms with Gasteiger partial charge in [0.15, 0.2) is 5.82 Å². The SMILES string of the molecule is CCS(=O)(=O)Nc1c(F)ccc(-c2nn(C(C)C)cc2-c2ccnc(NCCNC(=O)OC)n2)c1F. The number of carbonyl (C=O) groups excluding carboxylic acids is 1. The van der Waals surface area contributed by atoms with Crippen molar-refractivity contribution in [3.63, 3.8) is 0 Å². The summed E-state index contributed by atoms with van der Waals surface area (Å²) in [6.45, 7) is 5.68. The number of hydrogen-bond acceptors (Lipinski definition) is 8. The first kappa shape index (κ1) is 26.8. The molecule has 0 spiro atoms. The number of sulfonamides is 1. The zero-order chi connectivity index (χ0) is 26.5. The zero-order valence-electron chi connectivity index (χ0n) is 20.2. The van der Waals surface area contributed by atoms with Crippen LogP contribution in [-0.4, -0.2) is 60.2 Å². The van der Waals surface area contributed by atoms with E-state index in [1.165, 1.54) is 26.3 Å². The van der Waals surface area contributed by atoms with Crippen LogP contribution in [0.4, 0.5) is 25.2 Å². The van der Waals surface area contributed by atoms with E-state index >= 15 is 4.39 Å². The van der Waals surface area contributed by atoms with Crippen LogP contribution in [0.2, 0.25) is 0 Å². The first-order chi connectivity index (χ1) is 17.1. The van der Waals surface area contributed by atoms with Gasteiger partial charge < -0.3 is 15.4 Å². The van der Waals surface area contributed by atoms with Crippen LogP contribution in [0, 0.1) is 11.6 Å². The summed E-state index contributed by atoms with van der Waals surface area (Å²) in [5.41, 5.74) is 0.0964. The summed E-state index contributed by atoms with van der Waals surface area (Å²) in [5, 5.41) is 9.95. The van der Waals surface area contributed by atoms with Gasteiger partial charge in [-0.3, -0.25) is 9.40 Å². The van der Waals surface area contributed by atoms with Crippen LogP contribution >= 0.6 is 0 Å². The molecule has 194 valence electrons. The molecule has 0 unspecified atom stereocenters. The van der Waals surface area contributed by atoms with E-state index < -0.39 is 33.4 Å². The van der Waals surface area contributed by atoms with Gasteiger partial charge in [-0.05, 0) is 39.0 Å². The molecular weight excluding hydrogens is 496 g/mol. The number of alkyl carbamates (subject to hydrolysis) is 1. The number of carbonyl (C=O) groups is 1. The molecule has 3 aromatic rings. The number of nitrogens with zero attached hydrogens (tertiary/aromatic N) is 4. The van der Waals surface area contributed by atoms with Crippen molar-refractivity contribution in [2.75, 3.05) is 36.0 Å². The van der Waals surface area contributed by atoms with Gasteiger partial charge in [-0.25, -0.2) is 32.0 Å². The van der Waals surface area contributed by atoms with Gasteiger partial charge in [0.2, 0.25) is 16.0 Å². The number of ether oxygens (including phenoxy) is 1. The van der Waals surface area contributed by atoms with E-state index in [1.54, 1.807) is 16.9 Å². The maximum atomic E-state index is 15.5. The Morgan fingerprint density at radius 3 is 2.58 bits per heavy atom. The maximum absolute atomic E-state index is 15.5. The average Bonchev–Trinajstić information content (AvgIpc) is 3.30. The molecule has 0 atom stereocenters. The predicted molar refractivity (Wildman–Crippen MR) is 131 cm³/mol. The molecule has 1 amide bonds. The highest BCUT2D eigenvalue weighted by Crippen LogP contribution is 2.36. The summed E-state index contributed by atoms with van der Waals surface area (Å²) in [6, 6.07) is 3.68. The van der Waals surface area contributed by atoms with Gasteiger partial charge in [0.05, 0.1) is 18.6 Å². The third-order valence-corrected chi connectivity index (χ3v) is 6.31. The van der Waals surface area contributed by atoms with E-state index in [1.807, 2.05) is 18.6 Å². The van der Waals surface area contributed by atoms with Gasteiger partial charge in [0.1, 0.15) is 17.2 Å². The van der Waals surface area contributed by atoms with Crippen molar-refractivity contribution < 1.29 is 26.7 Å². The molecule has 3 N–H and O–H groups in total. The van der Waals surface area contributed by atoms with Crippen molar-refractivity contribution in [1.82, 2.24) is 25.1 Å². The number of anilines is 2. The number of benzene rings is 1. The molecule has 2 aromatic heterocycles. The lowest BCUT2D eigenvalue weighted by molar-refractivity contribution is 0.171. The average molecular weight is 524 g/mol. The Hall–Kier alpha value is -3.81. The zero-order valence-corrected chi connectivity index (χ0v) is 21.0. The third-order valence-electron chi connectivity index (χ3n) is 5.04. The summed E-state index contributed by atoms with van der Waals surface area (Å²) >= 11 is 0. The van der Waals surface area contributed by atoms with Crippen LogP contribution in [-0.2, 0) is 14.8 Å². The van der Waals surface area contributed by atoms with E-state index in [0.717, 1.165) is 6.07 Å². The first-order valence-corrected chi connectivity index (χ1v) is 12.7. The molecule has 1 aromatic carbocycles. The highest BCUT2D eigenvalue weighted by molar-refractivity contribution is 7.92. The number of amides is 1. The minimum absolute atomic E-state index is 0.0945. The standard InChI is InChI=1S/C22H27F2N7O4S/c1-5-36(33,34)30-20-16(23)7-6-14(18(20)24)19-15(12-31(29-19)13(2)3)17-8-9-25-21(28-17)26-10-11-27-22(32)35-4/h6-9,12-13,30H,5,10-11H2,1-4H3,(H,27,32)(H,25,26,28). The van der Waals surface area contributed by atoms with Crippen molar-refractivity contribution in [2.24, 2.45) is 0 Å². The molecule has 2 heterocycles. The van der Waals surface area contributed by atoms with Gasteiger partial charge in [-0.1, -0.05) is 0 Å². The Kier molecular flexibility index (Phi) is 8.40. The number of methoxy groups -OCH3 is 1. The summed E-state index contributed by atoms with van der Waals surface area (Å²) in [6.07, 6.45) is 2.60. The maximum Gasteiger partial charge on any atom is 0.406 e. The Labute approximate surface area is 207 Å². The molecule has 0 saturated heterocycles. The van der Waals surface area contributed by atoms with E-state index in [2.05, 4.69) is 30.4 Å². The second-order valence-electron chi connectivity index (χ2n) is 7.87. The third kappa shape index (κ3) is 6.24. The fraction of sp³-hybridized carbons (Fsp3) is 0.364. The summed E-state index contributed by atoms with van der Waals surface area (Å²) in [4.78, 5) is 19.8. The number of halogens is 2. The monoisotopic (exact) mass is 523 g/mol. The Balaban J connectivity index is 2.01. The summed E-state index contributed by atoms with van der Waals surface area (Å²) < 4.78 is 61.9. The van der Waals surface area contributed by atoms with Crippen molar-refractivity contribution in [1.29, 1.82) is 0 Å². The molecule has 0 saturated carbocycles. The summed E-state index contributed by atoms with van der Waals surface area (Å²) in [5.74, 6) is -2.25. The minimum Gasteiger partial charge on any atom is -0.453 e. The molecule has 36 heavy (non-hydrogen) atoms. The Bertz CT molecular complexity index is 1350. The number of nitrogens with one attached hydrogen (secondary N) is 3. The van der Waals surface area contributed by atoms with Crippen LogP contribution in [0.15, 0.2) is 30.6 Å². The van der Waals surface area contributed by atoms with E-state index in [9.17, 15) is 17.6 Å². The molecule has 3 rings (SSSR count). The first-order valence-electron chi connectivity index (χ1n) is 11.0. The van der Waals surface area contributed by atoms with Crippen LogP contribution in [0.3, 0.4) is 0 Å². The van der Waals surface area contributed by atoms with Crippen molar-refractivity contribution in [2.45, 2.75) is 26.8 Å². The highest BCUT2D eigenvalue weighted by Gasteiger charge is 2.24. The minimum atomic E-state index is -3.93. The molecule has 14 heteroatoms. The van der Waals surface area contributed by atoms with Crippen LogP contribution < -0.4 is 15.4 Å². The molecule has 0 aliphatic heterocycles. The molecule has 0 aliphatic carbocycles. The lowest BCUT2D eigenvalue weighted by Gasteiger charge is -2.12. The van der Waals surface area contributed by atoms with E-state index in [0.29, 0.717) is 17.8 Å². The molecule has 0 bridgehead atoms. The molecule has 11 nitrogen and oxygen atoms in total. The molecular formula is C22H27F2N7O4S. The molecule has 0 aliphatic rings. The quantitative estimate of drug-likeness (QED) is 0.344. The van der Waals surface area contributed by atoms with Crippen LogP contribution in [0.25, 0.3) is 22.5 Å². The predicted octanol–water partition coefficient (Wildman–Crippen LogP) is 3.40. The largest absolute Gasteiger partial charge is 0.453 e. The van der Waals surface area contributed by atoms with Crippen LogP contribution in [0.1, 0.15) is 26.8 Å². The fourth-order valence-corrected chi connectivity index (χ4v) is 3.75. The normalized spacial score (nSPS) is 11.4. The highest BCUT2D eigenvalue weighted by atomic mass is 32.2. The van der Waals surface area contributed by atoms with Crippen molar-refractivity contribution >= 4 is 27.8 Å². The second-order valence-corrected chi connectivity index (χ2v) is 9.88. The fourth-order valence-electron chi connectivity index (χ4n) is 3.10. The lowest BCUT2D eigenvalue weighted by atomic mass is 10.0. The topological polar surface area (TPSA) is 140 Å². The van der Waals surface area contributed by atoms with E-state index in [-0.39, 0.29) is 35.5 Å². The van der Waals surface area contributed by atoms with Gasteiger partial charge >= 0.3 is 6.09 Å². The molecule has 0 radical (unpaired) electrons. The van der Waals surface area contributed by atoms with Gasteiger partial charge in [0.25, 0.3) is 0 Å². The molecule has 0 fully saturated rings. The Morgan fingerprint density at radius 2 is 1.92 bits per heavy atom. The number of aromatic nitrogens is 4. The Morgan fingerprint density at radius 1 is 1.17 bits per heavy atom. The van der Waals surface area contributed by atoms with Gasteiger partial charge in [0, 0.05) is 42.7 Å². The van der Waals surface area contributed by atoms with Crippen molar-refractivity contribution in [3.05, 3.63) is 42.2 Å². The van der Waals surface area contributed by atoms with E-state index in [4.69, 9.17) is 0 Å². The lowest BCUT2D eigenvalue weighted by Crippen LogP contribution is -2.28.